The Balaban J connectivity index is 1.83. The van der Waals surface area contributed by atoms with Gasteiger partial charge in [0.2, 0.25) is 0 Å². The molecule has 3 rings (SSSR count). The van der Waals surface area contributed by atoms with E-state index < -0.39 is 0 Å². The number of aliphatic hydroxyl groups is 1. The van der Waals surface area contributed by atoms with Gasteiger partial charge in [-0.2, -0.15) is 5.10 Å². The smallest absolute Gasteiger partial charge is 0.255 e. The molecule has 1 amide bonds. The van der Waals surface area contributed by atoms with E-state index in [2.05, 4.69) is 10.4 Å². The van der Waals surface area contributed by atoms with Gasteiger partial charge in [0, 0.05) is 24.9 Å². The van der Waals surface area contributed by atoms with Crippen molar-refractivity contribution in [2.24, 2.45) is 13.0 Å². The number of aryl methyl sites for hydroxylation is 1. The molecule has 0 saturated heterocycles. The van der Waals surface area contributed by atoms with Gasteiger partial charge in [0.1, 0.15) is 11.5 Å². The van der Waals surface area contributed by atoms with E-state index in [-0.39, 0.29) is 24.0 Å². The summed E-state index contributed by atoms with van der Waals surface area (Å²) in [5, 5.41) is 16.9. The maximum absolute atomic E-state index is 12.8. The number of carbonyl (C=O) groups is 1. The number of amides is 1. The highest BCUT2D eigenvalue weighted by atomic mass is 16.5. The quantitative estimate of drug-likeness (QED) is 0.832. The lowest BCUT2D eigenvalue weighted by Crippen LogP contribution is -2.41. The van der Waals surface area contributed by atoms with E-state index in [4.69, 9.17) is 9.47 Å². The van der Waals surface area contributed by atoms with Crippen LogP contribution in [0.5, 0.6) is 11.5 Å². The third kappa shape index (κ3) is 3.61. The number of rotatable bonds is 6. The zero-order valence-electron chi connectivity index (χ0n) is 14.6. The van der Waals surface area contributed by atoms with E-state index in [1.165, 1.54) is 7.11 Å². The van der Waals surface area contributed by atoms with E-state index in [0.717, 1.165) is 5.56 Å². The molecule has 7 nitrogen and oxygen atoms in total. The molecule has 1 saturated carbocycles. The van der Waals surface area contributed by atoms with Gasteiger partial charge in [-0.15, -0.1) is 0 Å². The number of aromatic nitrogens is 2. The van der Waals surface area contributed by atoms with E-state index in [9.17, 15) is 9.90 Å². The van der Waals surface area contributed by atoms with Crippen LogP contribution >= 0.6 is 0 Å². The SMILES string of the molecule is COc1ccc(C(=O)N[C@H](c2cnn(C)c2)C2CC(O)C2)c(OC)c1. The largest absolute Gasteiger partial charge is 0.497 e. The molecular formula is C18H23N3O4. The normalized spacial score (nSPS) is 20.5. The number of methoxy groups -OCH3 is 2. The summed E-state index contributed by atoms with van der Waals surface area (Å²) < 4.78 is 12.2. The number of nitrogens with one attached hydrogen (secondary N) is 1. The Morgan fingerprint density at radius 1 is 1.36 bits per heavy atom. The highest BCUT2D eigenvalue weighted by Crippen LogP contribution is 2.38. The van der Waals surface area contributed by atoms with Gasteiger partial charge in [0.25, 0.3) is 5.91 Å². The number of aliphatic hydroxyl groups excluding tert-OH is 1. The fourth-order valence-corrected chi connectivity index (χ4v) is 3.18. The Morgan fingerprint density at radius 3 is 2.68 bits per heavy atom. The first-order valence-electron chi connectivity index (χ1n) is 8.21. The monoisotopic (exact) mass is 345 g/mol. The average molecular weight is 345 g/mol. The van der Waals surface area contributed by atoms with Crippen LogP contribution in [0, 0.1) is 5.92 Å². The average Bonchev–Trinajstić information content (AvgIpc) is 3.02. The van der Waals surface area contributed by atoms with Crippen molar-refractivity contribution >= 4 is 5.91 Å². The summed E-state index contributed by atoms with van der Waals surface area (Å²) in [6.07, 6.45) is 4.68. The predicted molar refractivity (Wildman–Crippen MR) is 91.7 cm³/mol. The molecule has 1 aliphatic rings. The molecule has 25 heavy (non-hydrogen) atoms. The summed E-state index contributed by atoms with van der Waals surface area (Å²) in [6, 6.07) is 4.89. The minimum atomic E-state index is -0.295. The highest BCUT2D eigenvalue weighted by Gasteiger charge is 2.36. The van der Waals surface area contributed by atoms with Crippen LogP contribution in [-0.2, 0) is 7.05 Å². The molecular weight excluding hydrogens is 322 g/mol. The summed E-state index contributed by atoms with van der Waals surface area (Å²) in [5.74, 6) is 1.04. The van der Waals surface area contributed by atoms with Gasteiger partial charge in [0.05, 0.1) is 38.1 Å². The molecule has 0 bridgehead atoms. The Bertz CT molecular complexity index is 753. The van der Waals surface area contributed by atoms with Crippen molar-refractivity contribution in [2.75, 3.05) is 14.2 Å². The van der Waals surface area contributed by atoms with Crippen LogP contribution in [0.2, 0.25) is 0 Å². The van der Waals surface area contributed by atoms with Crippen LogP contribution in [-0.4, -0.2) is 41.1 Å². The van der Waals surface area contributed by atoms with Crippen molar-refractivity contribution in [1.82, 2.24) is 15.1 Å². The van der Waals surface area contributed by atoms with Gasteiger partial charge in [-0.05, 0) is 30.9 Å². The third-order valence-corrected chi connectivity index (χ3v) is 4.64. The number of ether oxygens (including phenoxy) is 2. The molecule has 0 spiro atoms. The summed E-state index contributed by atoms with van der Waals surface area (Å²) in [7, 11) is 4.92. The topological polar surface area (TPSA) is 85.6 Å². The summed E-state index contributed by atoms with van der Waals surface area (Å²) in [6.45, 7) is 0. The van der Waals surface area contributed by atoms with Gasteiger partial charge in [-0.3, -0.25) is 9.48 Å². The van der Waals surface area contributed by atoms with Crippen LogP contribution in [0.1, 0.15) is 34.8 Å². The Morgan fingerprint density at radius 2 is 2.12 bits per heavy atom. The van der Waals surface area contributed by atoms with Crippen LogP contribution in [0.25, 0.3) is 0 Å². The lowest BCUT2D eigenvalue weighted by atomic mass is 9.75. The summed E-state index contributed by atoms with van der Waals surface area (Å²) in [5.41, 5.74) is 1.37. The minimum Gasteiger partial charge on any atom is -0.497 e. The highest BCUT2D eigenvalue weighted by molar-refractivity contribution is 5.97. The van der Waals surface area contributed by atoms with Crippen LogP contribution in [0.4, 0.5) is 0 Å². The van der Waals surface area contributed by atoms with Gasteiger partial charge in [-0.1, -0.05) is 0 Å². The predicted octanol–water partition coefficient (Wildman–Crippen LogP) is 1.68. The van der Waals surface area contributed by atoms with E-state index >= 15 is 0 Å². The van der Waals surface area contributed by atoms with Gasteiger partial charge >= 0.3 is 0 Å². The van der Waals surface area contributed by atoms with Gasteiger partial charge in [-0.25, -0.2) is 0 Å². The number of nitrogens with zero attached hydrogens (tertiary/aromatic N) is 2. The standard InChI is InChI=1S/C18H23N3O4/c1-21-10-12(9-19-21)17(11-6-13(22)7-11)20-18(23)15-5-4-14(24-2)8-16(15)25-3/h4-5,8-11,13,17,22H,6-7H2,1-3H3,(H,20,23)/t11?,13?,17-/m0/s1. The molecule has 1 heterocycles. The van der Waals surface area contributed by atoms with Gasteiger partial charge < -0.3 is 19.9 Å². The molecule has 2 N–H and O–H groups in total. The number of benzene rings is 1. The molecule has 7 heteroatoms. The first-order valence-corrected chi connectivity index (χ1v) is 8.21. The van der Waals surface area contributed by atoms with Crippen LogP contribution in [0.3, 0.4) is 0 Å². The second-order valence-corrected chi connectivity index (χ2v) is 6.35. The minimum absolute atomic E-state index is 0.187. The Kier molecular flexibility index (Phi) is 4.94. The molecule has 1 aromatic carbocycles. The maximum Gasteiger partial charge on any atom is 0.255 e. The second kappa shape index (κ2) is 7.14. The first-order chi connectivity index (χ1) is 12.0. The maximum atomic E-state index is 12.8. The number of carbonyl (C=O) groups excluding carboxylic acids is 1. The zero-order chi connectivity index (χ0) is 18.0. The molecule has 2 aromatic rings. The Labute approximate surface area is 146 Å². The van der Waals surface area contributed by atoms with Gasteiger partial charge in [0.15, 0.2) is 0 Å². The second-order valence-electron chi connectivity index (χ2n) is 6.35. The molecule has 134 valence electrons. The van der Waals surface area contributed by atoms with E-state index in [1.807, 2.05) is 13.2 Å². The number of hydrogen-bond donors (Lipinski definition) is 2. The van der Waals surface area contributed by atoms with Crippen molar-refractivity contribution < 1.29 is 19.4 Å². The summed E-state index contributed by atoms with van der Waals surface area (Å²) in [4.78, 5) is 12.8. The molecule has 0 radical (unpaired) electrons. The molecule has 0 unspecified atom stereocenters. The van der Waals surface area contributed by atoms with Crippen molar-refractivity contribution in [1.29, 1.82) is 0 Å². The first kappa shape index (κ1) is 17.3. The zero-order valence-corrected chi connectivity index (χ0v) is 14.6. The van der Waals surface area contributed by atoms with E-state index in [1.54, 1.807) is 36.2 Å². The van der Waals surface area contributed by atoms with Crippen LogP contribution < -0.4 is 14.8 Å². The molecule has 1 fully saturated rings. The van der Waals surface area contributed by atoms with Crippen molar-refractivity contribution in [2.45, 2.75) is 25.0 Å². The molecule has 1 aromatic heterocycles. The number of hydrogen-bond acceptors (Lipinski definition) is 5. The Hall–Kier alpha value is -2.54. The van der Waals surface area contributed by atoms with Crippen molar-refractivity contribution in [3.05, 3.63) is 41.7 Å². The fraction of sp³-hybridized carbons (Fsp3) is 0.444. The van der Waals surface area contributed by atoms with Crippen molar-refractivity contribution in [3.8, 4) is 11.5 Å². The van der Waals surface area contributed by atoms with Crippen molar-refractivity contribution in [3.63, 3.8) is 0 Å². The van der Waals surface area contributed by atoms with E-state index in [0.29, 0.717) is 29.9 Å². The summed E-state index contributed by atoms with van der Waals surface area (Å²) >= 11 is 0. The molecule has 1 atom stereocenters. The third-order valence-electron chi connectivity index (χ3n) is 4.64. The fourth-order valence-electron chi connectivity index (χ4n) is 3.18. The molecule has 0 aliphatic heterocycles. The van der Waals surface area contributed by atoms with Crippen LogP contribution in [0.15, 0.2) is 30.6 Å². The lowest BCUT2D eigenvalue weighted by molar-refractivity contribution is 0.0235. The molecule has 1 aliphatic carbocycles. The lowest BCUT2D eigenvalue weighted by Gasteiger charge is -2.37.